The molecule has 1 fully saturated rings. The maximum Gasteiger partial charge on any atom is 0.333 e. The van der Waals surface area contributed by atoms with Crippen LogP contribution in [0.15, 0.2) is 30.3 Å². The first-order valence-electron chi connectivity index (χ1n) is 11.0. The molecule has 0 amide bonds. The van der Waals surface area contributed by atoms with Crippen LogP contribution in [0, 0.1) is 6.92 Å². The zero-order valence-corrected chi connectivity index (χ0v) is 18.5. The number of rotatable bonds is 4. The van der Waals surface area contributed by atoms with Gasteiger partial charge in [0.2, 0.25) is 0 Å². The highest BCUT2D eigenvalue weighted by Crippen LogP contribution is 2.42. The van der Waals surface area contributed by atoms with Gasteiger partial charge in [-0.1, -0.05) is 35.9 Å². The standard InChI is InChI=1S/C24H29N3O2S/c1-3-29-23(28)24(19-10-4-7-16(2)13-19)15-27(26-30-25-24)22-20-11-5-8-17(20)14-18-9-6-12-21(18)22/h4,7,10,13-14,25-26H,3,5-6,8-9,11-12,15H2,1-2H3. The number of nitrogens with zero attached hydrogens (tertiary/aromatic N) is 1. The second-order valence-corrected chi connectivity index (χ2v) is 9.18. The lowest BCUT2D eigenvalue weighted by Gasteiger charge is -2.43. The fraction of sp³-hybridized carbons (Fsp3) is 0.458. The number of hydrogen-bond acceptors (Lipinski definition) is 6. The quantitative estimate of drug-likeness (QED) is 0.575. The van der Waals surface area contributed by atoms with Crippen LogP contribution in [0.5, 0.6) is 0 Å². The molecule has 0 spiro atoms. The van der Waals surface area contributed by atoms with Crippen molar-refractivity contribution in [2.45, 2.75) is 57.9 Å². The summed E-state index contributed by atoms with van der Waals surface area (Å²) in [6, 6.07) is 10.6. The highest BCUT2D eigenvalue weighted by Gasteiger charge is 2.47. The van der Waals surface area contributed by atoms with Gasteiger partial charge in [-0.3, -0.25) is 5.01 Å². The van der Waals surface area contributed by atoms with Gasteiger partial charge in [0.15, 0.2) is 5.54 Å². The zero-order valence-electron chi connectivity index (χ0n) is 17.7. The van der Waals surface area contributed by atoms with Crippen LogP contribution in [0.1, 0.15) is 53.1 Å². The van der Waals surface area contributed by atoms with Crippen LogP contribution in [0.3, 0.4) is 0 Å². The van der Waals surface area contributed by atoms with Gasteiger partial charge in [0, 0.05) is 12.1 Å². The Hall–Kier alpha value is -2.02. The van der Waals surface area contributed by atoms with Crippen molar-refractivity contribution >= 4 is 23.8 Å². The molecule has 2 aromatic carbocycles. The van der Waals surface area contributed by atoms with Crippen molar-refractivity contribution in [1.29, 1.82) is 0 Å². The molecule has 0 aromatic heterocycles. The Balaban J connectivity index is 1.60. The average Bonchev–Trinajstić information content (AvgIpc) is 3.41. The highest BCUT2D eigenvalue weighted by molar-refractivity contribution is 7.95. The Labute approximate surface area is 182 Å². The molecule has 0 saturated carbocycles. The fourth-order valence-corrected chi connectivity index (χ4v) is 5.99. The third-order valence-corrected chi connectivity index (χ3v) is 7.38. The Kier molecular flexibility index (Phi) is 5.25. The summed E-state index contributed by atoms with van der Waals surface area (Å²) in [7, 11) is 0. The second-order valence-electron chi connectivity index (χ2n) is 8.58. The molecule has 2 aromatic rings. The van der Waals surface area contributed by atoms with Crippen LogP contribution < -0.4 is 14.6 Å². The molecule has 1 aliphatic heterocycles. The van der Waals surface area contributed by atoms with E-state index in [1.165, 1.54) is 52.9 Å². The number of carbonyl (C=O) groups excluding carboxylic acids is 1. The van der Waals surface area contributed by atoms with E-state index in [1.54, 1.807) is 0 Å². The number of aryl methyl sites for hydroxylation is 3. The van der Waals surface area contributed by atoms with Crippen LogP contribution in [0.2, 0.25) is 0 Å². The Bertz CT molecular complexity index is 960. The third-order valence-electron chi connectivity index (χ3n) is 6.62. The maximum atomic E-state index is 13.3. The van der Waals surface area contributed by atoms with E-state index in [0.29, 0.717) is 13.2 Å². The molecule has 2 aliphatic carbocycles. The van der Waals surface area contributed by atoms with Crippen molar-refractivity contribution in [3.05, 3.63) is 63.7 Å². The van der Waals surface area contributed by atoms with Crippen LogP contribution in [-0.4, -0.2) is 19.1 Å². The SMILES string of the molecule is CCOC(=O)C1(c2cccc(C)c2)CN(c2c3c(cc4c2CCC4)CCC3)NSN1. The summed E-state index contributed by atoms with van der Waals surface area (Å²) in [6.45, 7) is 4.78. The Morgan fingerprint density at radius 1 is 1.13 bits per heavy atom. The lowest BCUT2D eigenvalue weighted by molar-refractivity contribution is -0.150. The monoisotopic (exact) mass is 423 g/mol. The summed E-state index contributed by atoms with van der Waals surface area (Å²) >= 11 is 1.38. The number of ether oxygens (including phenoxy) is 1. The molecule has 1 unspecified atom stereocenters. The van der Waals surface area contributed by atoms with Gasteiger partial charge in [-0.2, -0.15) is 4.83 Å². The van der Waals surface area contributed by atoms with Crippen LogP contribution in [-0.2, 0) is 40.8 Å². The summed E-state index contributed by atoms with van der Waals surface area (Å²) in [5.74, 6) is -0.223. The minimum absolute atomic E-state index is 0.223. The number of anilines is 1. The van der Waals surface area contributed by atoms with Gasteiger partial charge < -0.3 is 4.74 Å². The molecule has 30 heavy (non-hydrogen) atoms. The van der Waals surface area contributed by atoms with E-state index in [0.717, 1.165) is 36.8 Å². The largest absolute Gasteiger partial charge is 0.464 e. The summed E-state index contributed by atoms with van der Waals surface area (Å²) < 4.78 is 8.96. The molecule has 5 nitrogen and oxygen atoms in total. The Morgan fingerprint density at radius 3 is 2.53 bits per heavy atom. The molecule has 158 valence electrons. The molecule has 2 N–H and O–H groups in total. The summed E-state index contributed by atoms with van der Waals surface area (Å²) in [6.07, 6.45) is 6.98. The summed E-state index contributed by atoms with van der Waals surface area (Å²) in [5, 5.41) is 2.22. The highest BCUT2D eigenvalue weighted by atomic mass is 32.2. The van der Waals surface area contributed by atoms with E-state index in [2.05, 4.69) is 39.7 Å². The number of carbonyl (C=O) groups is 1. The molecular formula is C24H29N3O2S. The topological polar surface area (TPSA) is 53.6 Å². The smallest absolute Gasteiger partial charge is 0.333 e. The Morgan fingerprint density at radius 2 is 1.87 bits per heavy atom. The molecule has 0 bridgehead atoms. The first kappa shape index (κ1) is 19.9. The normalized spacial score (nSPS) is 22.7. The maximum absolute atomic E-state index is 13.3. The van der Waals surface area contributed by atoms with Crippen LogP contribution in [0.25, 0.3) is 0 Å². The number of nitrogens with one attached hydrogen (secondary N) is 2. The summed E-state index contributed by atoms with van der Waals surface area (Å²) in [4.78, 5) is 16.8. The molecule has 1 atom stereocenters. The van der Waals surface area contributed by atoms with Crippen molar-refractivity contribution in [2.24, 2.45) is 0 Å². The first-order valence-corrected chi connectivity index (χ1v) is 11.8. The van der Waals surface area contributed by atoms with Crippen LogP contribution in [0.4, 0.5) is 5.69 Å². The van der Waals surface area contributed by atoms with Gasteiger partial charge in [-0.15, -0.1) is 0 Å². The van der Waals surface area contributed by atoms with Crippen molar-refractivity contribution < 1.29 is 9.53 Å². The molecule has 6 heteroatoms. The minimum atomic E-state index is -0.926. The molecule has 0 radical (unpaired) electrons. The van der Waals surface area contributed by atoms with E-state index < -0.39 is 5.54 Å². The molecule has 5 rings (SSSR count). The number of fused-ring (bicyclic) bond motifs is 2. The zero-order chi connectivity index (χ0) is 20.7. The second kappa shape index (κ2) is 7.91. The molecular weight excluding hydrogens is 394 g/mol. The van der Waals surface area contributed by atoms with Crippen molar-refractivity contribution in [1.82, 2.24) is 9.55 Å². The van der Waals surface area contributed by atoms with Crippen molar-refractivity contribution in [3.8, 4) is 0 Å². The van der Waals surface area contributed by atoms with Crippen molar-refractivity contribution in [3.63, 3.8) is 0 Å². The number of hydrogen-bond donors (Lipinski definition) is 2. The van der Waals surface area contributed by atoms with E-state index in [1.807, 2.05) is 19.1 Å². The van der Waals surface area contributed by atoms with Gasteiger partial charge in [0.25, 0.3) is 0 Å². The van der Waals surface area contributed by atoms with E-state index in [9.17, 15) is 4.79 Å². The average molecular weight is 424 g/mol. The first-order chi connectivity index (χ1) is 14.6. The van der Waals surface area contributed by atoms with E-state index in [4.69, 9.17) is 4.74 Å². The van der Waals surface area contributed by atoms with Gasteiger partial charge in [-0.25, -0.2) is 9.52 Å². The van der Waals surface area contributed by atoms with Gasteiger partial charge in [0.1, 0.15) is 0 Å². The van der Waals surface area contributed by atoms with Gasteiger partial charge in [-0.05, 0) is 80.2 Å². The van der Waals surface area contributed by atoms with E-state index >= 15 is 0 Å². The fourth-order valence-electron chi connectivity index (χ4n) is 5.24. The molecule has 3 aliphatic rings. The lowest BCUT2D eigenvalue weighted by Crippen LogP contribution is -2.62. The predicted octanol–water partition coefficient (Wildman–Crippen LogP) is 3.91. The van der Waals surface area contributed by atoms with Crippen LogP contribution >= 0.6 is 12.1 Å². The number of benzene rings is 2. The summed E-state index contributed by atoms with van der Waals surface area (Å²) in [5.41, 5.74) is 8.39. The minimum Gasteiger partial charge on any atom is -0.464 e. The third kappa shape index (κ3) is 3.22. The van der Waals surface area contributed by atoms with Gasteiger partial charge in [0.05, 0.1) is 18.8 Å². The predicted molar refractivity (Wildman–Crippen MR) is 121 cm³/mol. The molecule has 1 heterocycles. The number of hydrazine groups is 1. The molecule has 1 saturated heterocycles. The lowest BCUT2D eigenvalue weighted by atomic mass is 9.88. The van der Waals surface area contributed by atoms with Gasteiger partial charge >= 0.3 is 5.97 Å². The van der Waals surface area contributed by atoms with Crippen molar-refractivity contribution in [2.75, 3.05) is 18.2 Å². The van der Waals surface area contributed by atoms with E-state index in [-0.39, 0.29) is 5.97 Å². The number of esters is 1.